The van der Waals surface area contributed by atoms with Gasteiger partial charge in [-0.1, -0.05) is 43.7 Å². The smallest absolute Gasteiger partial charge is 0.340 e. The molecule has 0 fully saturated rings. The number of carbonyl (C=O) groups excluding carboxylic acids is 2. The molecule has 0 saturated carbocycles. The van der Waals surface area contributed by atoms with Crippen LogP contribution < -0.4 is 5.32 Å². The second kappa shape index (κ2) is 8.82. The Labute approximate surface area is 142 Å². The Bertz CT molecular complexity index is 659. The second-order valence-corrected chi connectivity index (χ2v) is 5.55. The number of hydrogen-bond donors (Lipinski definition) is 1. The van der Waals surface area contributed by atoms with Crippen LogP contribution in [0.5, 0.6) is 0 Å². The van der Waals surface area contributed by atoms with Crippen LogP contribution in [0.25, 0.3) is 0 Å². The van der Waals surface area contributed by atoms with E-state index in [1.807, 2.05) is 30.3 Å². The number of benzene rings is 1. The van der Waals surface area contributed by atoms with Crippen LogP contribution in [0.3, 0.4) is 0 Å². The fourth-order valence-corrected chi connectivity index (χ4v) is 2.35. The topological polar surface area (TPSA) is 68.3 Å². The molecule has 1 aromatic heterocycles. The van der Waals surface area contributed by atoms with Gasteiger partial charge in [0, 0.05) is 12.4 Å². The fraction of sp³-hybridized carbons (Fsp3) is 0.316. The van der Waals surface area contributed by atoms with E-state index >= 15 is 0 Å². The first-order chi connectivity index (χ1) is 11.6. The summed E-state index contributed by atoms with van der Waals surface area (Å²) in [4.78, 5) is 28.2. The summed E-state index contributed by atoms with van der Waals surface area (Å²) in [7, 11) is 0. The molecular formula is C19H22N2O3. The van der Waals surface area contributed by atoms with Gasteiger partial charge < -0.3 is 10.1 Å². The zero-order valence-corrected chi connectivity index (χ0v) is 13.9. The molecule has 1 amide bonds. The molecule has 5 heteroatoms. The van der Waals surface area contributed by atoms with Gasteiger partial charge in [-0.05, 0) is 31.0 Å². The summed E-state index contributed by atoms with van der Waals surface area (Å²) in [5.41, 5.74) is 1.36. The molecule has 0 aliphatic carbocycles. The maximum Gasteiger partial charge on any atom is 0.340 e. The number of hydrogen-bond acceptors (Lipinski definition) is 4. The Hall–Kier alpha value is -2.69. The number of rotatable bonds is 7. The fourth-order valence-electron chi connectivity index (χ4n) is 2.35. The van der Waals surface area contributed by atoms with Gasteiger partial charge in [-0.3, -0.25) is 9.78 Å². The molecule has 0 aliphatic heterocycles. The molecule has 0 radical (unpaired) electrons. The quantitative estimate of drug-likeness (QED) is 0.793. The number of nitrogens with one attached hydrogen (secondary N) is 1. The number of aromatic nitrogens is 1. The summed E-state index contributed by atoms with van der Waals surface area (Å²) < 4.78 is 5.22. The minimum absolute atomic E-state index is 0.0942. The van der Waals surface area contributed by atoms with E-state index in [0.29, 0.717) is 5.56 Å². The van der Waals surface area contributed by atoms with E-state index < -0.39 is 12.1 Å². The van der Waals surface area contributed by atoms with E-state index in [1.54, 1.807) is 25.3 Å². The Balaban J connectivity index is 1.97. The van der Waals surface area contributed by atoms with E-state index in [0.717, 1.165) is 18.4 Å². The summed E-state index contributed by atoms with van der Waals surface area (Å²) in [6.45, 7) is 3.63. The Morgan fingerprint density at radius 2 is 1.92 bits per heavy atom. The third kappa shape index (κ3) is 4.91. The molecule has 0 spiro atoms. The molecule has 5 nitrogen and oxygen atoms in total. The summed E-state index contributed by atoms with van der Waals surface area (Å²) >= 11 is 0. The van der Waals surface area contributed by atoms with Crippen molar-refractivity contribution in [1.82, 2.24) is 10.3 Å². The summed E-state index contributed by atoms with van der Waals surface area (Å²) in [6, 6.07) is 12.9. The lowest BCUT2D eigenvalue weighted by molar-refractivity contribution is -0.129. The lowest BCUT2D eigenvalue weighted by atomic mass is 10.0. The Morgan fingerprint density at radius 1 is 1.17 bits per heavy atom. The minimum atomic E-state index is -0.874. The van der Waals surface area contributed by atoms with Crippen LogP contribution in [0.2, 0.25) is 0 Å². The predicted molar refractivity (Wildman–Crippen MR) is 91.3 cm³/mol. The maximum atomic E-state index is 12.4. The van der Waals surface area contributed by atoms with Crippen molar-refractivity contribution in [2.45, 2.75) is 38.8 Å². The lowest BCUT2D eigenvalue weighted by Gasteiger charge is -2.21. The molecule has 1 N–H and O–H groups in total. The molecule has 0 bridgehead atoms. The molecule has 1 heterocycles. The first-order valence-corrected chi connectivity index (χ1v) is 8.08. The summed E-state index contributed by atoms with van der Waals surface area (Å²) in [5, 5.41) is 2.96. The molecule has 2 rings (SSSR count). The van der Waals surface area contributed by atoms with Crippen molar-refractivity contribution in [2.75, 3.05) is 0 Å². The Kier molecular flexibility index (Phi) is 6.49. The highest BCUT2D eigenvalue weighted by atomic mass is 16.5. The molecule has 1 aromatic carbocycles. The van der Waals surface area contributed by atoms with Crippen molar-refractivity contribution in [2.24, 2.45) is 0 Å². The number of pyridine rings is 1. The van der Waals surface area contributed by atoms with E-state index in [9.17, 15) is 9.59 Å². The van der Waals surface area contributed by atoms with Gasteiger partial charge in [0.1, 0.15) is 0 Å². The van der Waals surface area contributed by atoms with E-state index in [1.165, 1.54) is 6.20 Å². The molecule has 126 valence electrons. The van der Waals surface area contributed by atoms with Gasteiger partial charge in [-0.2, -0.15) is 0 Å². The zero-order chi connectivity index (χ0) is 17.4. The highest BCUT2D eigenvalue weighted by Crippen LogP contribution is 2.18. The average molecular weight is 326 g/mol. The zero-order valence-electron chi connectivity index (χ0n) is 13.9. The molecule has 2 atom stereocenters. The molecule has 24 heavy (non-hydrogen) atoms. The van der Waals surface area contributed by atoms with Crippen LogP contribution in [-0.2, 0) is 9.53 Å². The van der Waals surface area contributed by atoms with Gasteiger partial charge in [0.2, 0.25) is 0 Å². The number of ether oxygens (including phenoxy) is 1. The molecule has 0 unspecified atom stereocenters. The van der Waals surface area contributed by atoms with Crippen molar-refractivity contribution in [3.63, 3.8) is 0 Å². The summed E-state index contributed by atoms with van der Waals surface area (Å²) in [5.74, 6) is -0.868. The first-order valence-electron chi connectivity index (χ1n) is 8.08. The van der Waals surface area contributed by atoms with Crippen molar-refractivity contribution in [1.29, 1.82) is 0 Å². The van der Waals surface area contributed by atoms with E-state index in [-0.39, 0.29) is 11.9 Å². The van der Waals surface area contributed by atoms with Crippen molar-refractivity contribution < 1.29 is 14.3 Å². The minimum Gasteiger partial charge on any atom is -0.449 e. The Morgan fingerprint density at radius 3 is 2.54 bits per heavy atom. The lowest BCUT2D eigenvalue weighted by Crippen LogP contribution is -2.38. The van der Waals surface area contributed by atoms with Crippen LogP contribution in [-0.4, -0.2) is 23.0 Å². The highest BCUT2D eigenvalue weighted by Gasteiger charge is 2.22. The normalized spacial score (nSPS) is 12.9. The molecule has 2 aromatic rings. The van der Waals surface area contributed by atoms with Gasteiger partial charge in [-0.15, -0.1) is 0 Å². The average Bonchev–Trinajstić information content (AvgIpc) is 2.62. The largest absolute Gasteiger partial charge is 0.449 e. The van der Waals surface area contributed by atoms with Gasteiger partial charge in [-0.25, -0.2) is 4.79 Å². The number of carbonyl (C=O) groups is 2. The number of esters is 1. The highest BCUT2D eigenvalue weighted by molar-refractivity contribution is 5.91. The SMILES string of the molecule is CCC[C@@H](NC(=O)[C@@H](C)OC(=O)c1cccnc1)c1ccccc1. The predicted octanol–water partition coefficient (Wildman–Crippen LogP) is 3.28. The third-order valence-electron chi connectivity index (χ3n) is 3.65. The van der Waals surface area contributed by atoms with Crippen LogP contribution in [0.1, 0.15) is 48.7 Å². The van der Waals surface area contributed by atoms with Crippen molar-refractivity contribution >= 4 is 11.9 Å². The standard InChI is InChI=1S/C19H22N2O3/c1-3-8-17(15-9-5-4-6-10-15)21-18(22)14(2)24-19(23)16-11-7-12-20-13-16/h4-7,9-14,17H,3,8H2,1-2H3,(H,21,22)/t14-,17-/m1/s1. The second-order valence-electron chi connectivity index (χ2n) is 5.55. The molecule has 0 saturated heterocycles. The number of amides is 1. The van der Waals surface area contributed by atoms with Crippen LogP contribution in [0.15, 0.2) is 54.9 Å². The number of nitrogens with zero attached hydrogens (tertiary/aromatic N) is 1. The van der Waals surface area contributed by atoms with Crippen LogP contribution in [0.4, 0.5) is 0 Å². The van der Waals surface area contributed by atoms with E-state index in [2.05, 4.69) is 17.2 Å². The van der Waals surface area contributed by atoms with E-state index in [4.69, 9.17) is 4.74 Å². The summed E-state index contributed by atoms with van der Waals surface area (Å²) in [6.07, 6.45) is 3.86. The van der Waals surface area contributed by atoms with Gasteiger partial charge in [0.25, 0.3) is 5.91 Å². The third-order valence-corrected chi connectivity index (χ3v) is 3.65. The van der Waals surface area contributed by atoms with Gasteiger partial charge >= 0.3 is 5.97 Å². The van der Waals surface area contributed by atoms with Gasteiger partial charge in [0.05, 0.1) is 11.6 Å². The van der Waals surface area contributed by atoms with Gasteiger partial charge in [0.15, 0.2) is 6.10 Å². The molecule has 0 aliphatic rings. The molecular weight excluding hydrogens is 304 g/mol. The van der Waals surface area contributed by atoms with Crippen molar-refractivity contribution in [3.05, 3.63) is 66.0 Å². The van der Waals surface area contributed by atoms with Crippen LogP contribution in [0, 0.1) is 0 Å². The van der Waals surface area contributed by atoms with Crippen molar-refractivity contribution in [3.8, 4) is 0 Å². The van der Waals surface area contributed by atoms with Crippen LogP contribution >= 0.6 is 0 Å². The first kappa shape index (κ1) is 17.7. The monoisotopic (exact) mass is 326 g/mol. The maximum absolute atomic E-state index is 12.4.